The average molecular weight is 235 g/mol. The highest BCUT2D eigenvalue weighted by atomic mass is 16.5. The van der Waals surface area contributed by atoms with Gasteiger partial charge in [0, 0.05) is 12.1 Å². The van der Waals surface area contributed by atoms with Crippen LogP contribution < -0.4 is 10.1 Å². The lowest BCUT2D eigenvalue weighted by Gasteiger charge is -2.38. The van der Waals surface area contributed by atoms with Crippen LogP contribution >= 0.6 is 0 Å². The predicted molar refractivity (Wildman–Crippen MR) is 68.4 cm³/mol. The summed E-state index contributed by atoms with van der Waals surface area (Å²) in [4.78, 5) is 0. The topological polar surface area (TPSA) is 41.5 Å². The SMILES string of the molecule is COc1ccc(C2CC(NC(C)CO)C2)cc1. The average Bonchev–Trinajstić information content (AvgIpc) is 2.33. The molecule has 1 aromatic carbocycles. The van der Waals surface area contributed by atoms with Gasteiger partial charge in [0.15, 0.2) is 0 Å². The van der Waals surface area contributed by atoms with E-state index in [1.54, 1.807) is 7.11 Å². The molecule has 1 atom stereocenters. The van der Waals surface area contributed by atoms with Crippen LogP contribution in [0.15, 0.2) is 24.3 Å². The van der Waals surface area contributed by atoms with Crippen molar-refractivity contribution in [2.45, 2.75) is 37.8 Å². The molecule has 0 amide bonds. The van der Waals surface area contributed by atoms with E-state index in [4.69, 9.17) is 9.84 Å². The molecule has 0 saturated heterocycles. The molecule has 1 aromatic rings. The smallest absolute Gasteiger partial charge is 0.118 e. The van der Waals surface area contributed by atoms with E-state index in [0.717, 1.165) is 18.6 Å². The summed E-state index contributed by atoms with van der Waals surface area (Å²) in [5, 5.41) is 12.4. The Morgan fingerprint density at radius 1 is 1.35 bits per heavy atom. The number of nitrogens with one attached hydrogen (secondary N) is 1. The molecule has 2 N–H and O–H groups in total. The van der Waals surface area contributed by atoms with Gasteiger partial charge in [-0.1, -0.05) is 12.1 Å². The van der Waals surface area contributed by atoms with Crippen molar-refractivity contribution < 1.29 is 9.84 Å². The van der Waals surface area contributed by atoms with Crippen molar-refractivity contribution in [3.8, 4) is 5.75 Å². The molecule has 0 bridgehead atoms. The minimum Gasteiger partial charge on any atom is -0.497 e. The van der Waals surface area contributed by atoms with Gasteiger partial charge in [0.1, 0.15) is 5.75 Å². The number of aliphatic hydroxyl groups excluding tert-OH is 1. The monoisotopic (exact) mass is 235 g/mol. The lowest BCUT2D eigenvalue weighted by Crippen LogP contribution is -2.45. The van der Waals surface area contributed by atoms with Gasteiger partial charge in [0.25, 0.3) is 0 Å². The van der Waals surface area contributed by atoms with E-state index in [0.29, 0.717) is 12.0 Å². The fraction of sp³-hybridized carbons (Fsp3) is 0.571. The number of hydrogen-bond donors (Lipinski definition) is 2. The van der Waals surface area contributed by atoms with E-state index in [2.05, 4.69) is 17.4 Å². The van der Waals surface area contributed by atoms with Crippen molar-refractivity contribution in [3.63, 3.8) is 0 Å². The maximum absolute atomic E-state index is 8.97. The van der Waals surface area contributed by atoms with E-state index in [1.807, 2.05) is 19.1 Å². The summed E-state index contributed by atoms with van der Waals surface area (Å²) in [6, 6.07) is 9.10. The third-order valence-electron chi connectivity index (χ3n) is 3.52. The Morgan fingerprint density at radius 2 is 2.00 bits per heavy atom. The minimum atomic E-state index is 0.205. The van der Waals surface area contributed by atoms with Crippen LogP contribution in [0.25, 0.3) is 0 Å². The second kappa shape index (κ2) is 5.52. The second-order valence-electron chi connectivity index (χ2n) is 4.89. The zero-order valence-electron chi connectivity index (χ0n) is 10.5. The number of ether oxygens (including phenoxy) is 1. The van der Waals surface area contributed by atoms with Gasteiger partial charge in [-0.25, -0.2) is 0 Å². The number of benzene rings is 1. The summed E-state index contributed by atoms with van der Waals surface area (Å²) in [6.45, 7) is 2.23. The molecule has 1 fully saturated rings. The van der Waals surface area contributed by atoms with Gasteiger partial charge in [-0.05, 0) is 43.4 Å². The highest BCUT2D eigenvalue weighted by Gasteiger charge is 2.30. The summed E-state index contributed by atoms with van der Waals surface area (Å²) in [6.07, 6.45) is 2.33. The Bertz CT molecular complexity index is 344. The van der Waals surface area contributed by atoms with Crippen LogP contribution in [0.3, 0.4) is 0 Å². The van der Waals surface area contributed by atoms with E-state index in [-0.39, 0.29) is 12.6 Å². The van der Waals surface area contributed by atoms with E-state index >= 15 is 0 Å². The van der Waals surface area contributed by atoms with Gasteiger partial charge in [-0.15, -0.1) is 0 Å². The molecular formula is C14H21NO2. The molecule has 2 rings (SSSR count). The summed E-state index contributed by atoms with van der Waals surface area (Å²) in [5.41, 5.74) is 1.39. The highest BCUT2D eigenvalue weighted by molar-refractivity contribution is 5.30. The van der Waals surface area contributed by atoms with Crippen molar-refractivity contribution in [3.05, 3.63) is 29.8 Å². The molecule has 17 heavy (non-hydrogen) atoms. The largest absolute Gasteiger partial charge is 0.497 e. The molecule has 0 aliphatic heterocycles. The molecule has 3 nitrogen and oxygen atoms in total. The molecular weight excluding hydrogens is 214 g/mol. The van der Waals surface area contributed by atoms with Gasteiger partial charge in [0.2, 0.25) is 0 Å². The van der Waals surface area contributed by atoms with Crippen molar-refractivity contribution >= 4 is 0 Å². The van der Waals surface area contributed by atoms with Crippen LogP contribution in [0, 0.1) is 0 Å². The molecule has 0 aromatic heterocycles. The fourth-order valence-electron chi connectivity index (χ4n) is 2.36. The third-order valence-corrected chi connectivity index (χ3v) is 3.52. The Balaban J connectivity index is 1.82. The van der Waals surface area contributed by atoms with Crippen molar-refractivity contribution in [2.24, 2.45) is 0 Å². The summed E-state index contributed by atoms with van der Waals surface area (Å²) in [7, 11) is 1.69. The lowest BCUT2D eigenvalue weighted by atomic mass is 9.75. The molecule has 1 aliphatic carbocycles. The zero-order valence-corrected chi connectivity index (χ0v) is 10.5. The van der Waals surface area contributed by atoms with Crippen LogP contribution in [-0.2, 0) is 0 Å². The van der Waals surface area contributed by atoms with E-state index in [1.165, 1.54) is 5.56 Å². The van der Waals surface area contributed by atoms with Crippen molar-refractivity contribution in [1.29, 1.82) is 0 Å². The first kappa shape index (κ1) is 12.4. The molecule has 0 spiro atoms. The zero-order chi connectivity index (χ0) is 12.3. The maximum atomic E-state index is 8.97. The van der Waals surface area contributed by atoms with Gasteiger partial charge in [-0.2, -0.15) is 0 Å². The molecule has 94 valence electrons. The first-order valence-corrected chi connectivity index (χ1v) is 6.23. The van der Waals surface area contributed by atoms with Gasteiger partial charge < -0.3 is 15.2 Å². The lowest BCUT2D eigenvalue weighted by molar-refractivity contribution is 0.204. The Morgan fingerprint density at radius 3 is 2.53 bits per heavy atom. The third kappa shape index (κ3) is 2.99. The van der Waals surface area contributed by atoms with Crippen LogP contribution in [0.1, 0.15) is 31.2 Å². The number of rotatable bonds is 5. The maximum Gasteiger partial charge on any atom is 0.118 e. The quantitative estimate of drug-likeness (QED) is 0.819. The molecule has 1 aliphatic rings. The second-order valence-corrected chi connectivity index (χ2v) is 4.89. The molecule has 3 heteroatoms. The summed E-state index contributed by atoms with van der Waals surface area (Å²) < 4.78 is 5.15. The van der Waals surface area contributed by atoms with Crippen LogP contribution in [0.2, 0.25) is 0 Å². The minimum absolute atomic E-state index is 0.205. The Labute approximate surface area is 103 Å². The van der Waals surface area contributed by atoms with E-state index < -0.39 is 0 Å². The molecule has 1 unspecified atom stereocenters. The van der Waals surface area contributed by atoms with Gasteiger partial charge in [0.05, 0.1) is 13.7 Å². The predicted octanol–water partition coefficient (Wildman–Crippen LogP) is 1.91. The highest BCUT2D eigenvalue weighted by Crippen LogP contribution is 2.37. The van der Waals surface area contributed by atoms with Crippen LogP contribution in [0.4, 0.5) is 0 Å². The van der Waals surface area contributed by atoms with Crippen LogP contribution in [-0.4, -0.2) is 30.9 Å². The van der Waals surface area contributed by atoms with E-state index in [9.17, 15) is 0 Å². The van der Waals surface area contributed by atoms with Crippen LogP contribution in [0.5, 0.6) is 5.75 Å². The molecule has 1 saturated carbocycles. The fourth-order valence-corrected chi connectivity index (χ4v) is 2.36. The summed E-state index contributed by atoms with van der Waals surface area (Å²) in [5.74, 6) is 1.57. The summed E-state index contributed by atoms with van der Waals surface area (Å²) >= 11 is 0. The number of methoxy groups -OCH3 is 1. The van der Waals surface area contributed by atoms with Gasteiger partial charge in [-0.3, -0.25) is 0 Å². The Kier molecular flexibility index (Phi) is 4.02. The van der Waals surface area contributed by atoms with Crippen molar-refractivity contribution in [1.82, 2.24) is 5.32 Å². The molecule has 0 heterocycles. The van der Waals surface area contributed by atoms with Gasteiger partial charge >= 0.3 is 0 Å². The normalized spacial score (nSPS) is 25.1. The molecule has 0 radical (unpaired) electrons. The first-order valence-electron chi connectivity index (χ1n) is 6.23. The van der Waals surface area contributed by atoms with Crippen molar-refractivity contribution in [2.75, 3.05) is 13.7 Å². The standard InChI is InChI=1S/C14H21NO2/c1-10(9-16)15-13-7-12(8-13)11-3-5-14(17-2)6-4-11/h3-6,10,12-13,15-16H,7-9H2,1-2H3. The number of hydrogen-bond acceptors (Lipinski definition) is 3. The Hall–Kier alpha value is -1.06. The number of aliphatic hydroxyl groups is 1. The first-order chi connectivity index (χ1) is 8.22.